The molecule has 20 heavy (non-hydrogen) atoms. The predicted molar refractivity (Wildman–Crippen MR) is 82.8 cm³/mol. The lowest BCUT2D eigenvalue weighted by Crippen LogP contribution is -2.08. The van der Waals surface area contributed by atoms with Gasteiger partial charge in [-0.15, -0.1) is 0 Å². The number of benzene rings is 1. The van der Waals surface area contributed by atoms with E-state index < -0.39 is 0 Å². The Morgan fingerprint density at radius 2 is 2.10 bits per heavy atom. The molecule has 0 amide bonds. The molecule has 0 saturated carbocycles. The summed E-state index contributed by atoms with van der Waals surface area (Å²) in [5.74, 6) is 0.690. The van der Waals surface area contributed by atoms with Gasteiger partial charge in [-0.05, 0) is 57.7 Å². The molecule has 0 aliphatic carbocycles. The maximum atomic E-state index is 8.93. The van der Waals surface area contributed by atoms with Crippen LogP contribution in [-0.4, -0.2) is 6.61 Å². The Morgan fingerprint density at radius 3 is 2.65 bits per heavy atom. The van der Waals surface area contributed by atoms with Crippen LogP contribution < -0.4 is 10.5 Å². The molecule has 0 fully saturated rings. The maximum absolute atomic E-state index is 8.93. The van der Waals surface area contributed by atoms with Gasteiger partial charge in [-0.2, -0.15) is 5.26 Å². The normalized spacial score (nSPS) is 12.8. The molecule has 4 heteroatoms. The van der Waals surface area contributed by atoms with Crippen LogP contribution in [-0.2, 0) is 0 Å². The highest BCUT2D eigenvalue weighted by Crippen LogP contribution is 2.28. The fraction of sp³-hybridized carbons (Fsp3) is 0.562. The van der Waals surface area contributed by atoms with Gasteiger partial charge in [0.15, 0.2) is 0 Å². The number of hydrogen-bond acceptors (Lipinski definition) is 3. The fourth-order valence-electron chi connectivity index (χ4n) is 1.82. The van der Waals surface area contributed by atoms with Crippen LogP contribution in [0, 0.1) is 16.7 Å². The second-order valence-electron chi connectivity index (χ2n) is 5.78. The molecule has 0 radical (unpaired) electrons. The Hall–Kier alpha value is -1.24. The lowest BCUT2D eigenvalue weighted by Gasteiger charge is -2.15. The van der Waals surface area contributed by atoms with Gasteiger partial charge in [0.25, 0.3) is 0 Å². The highest BCUT2D eigenvalue weighted by Gasteiger charge is 2.15. The van der Waals surface area contributed by atoms with Gasteiger partial charge >= 0.3 is 0 Å². The van der Waals surface area contributed by atoms with E-state index >= 15 is 0 Å². The van der Waals surface area contributed by atoms with Crippen LogP contribution >= 0.6 is 11.6 Å². The van der Waals surface area contributed by atoms with Gasteiger partial charge in [-0.25, -0.2) is 0 Å². The minimum absolute atomic E-state index is 0.0326. The van der Waals surface area contributed by atoms with E-state index in [1.165, 1.54) is 0 Å². The van der Waals surface area contributed by atoms with Gasteiger partial charge in [0.2, 0.25) is 0 Å². The van der Waals surface area contributed by atoms with Crippen molar-refractivity contribution in [3.05, 3.63) is 28.8 Å². The quantitative estimate of drug-likeness (QED) is 0.755. The Kier molecular flexibility index (Phi) is 6.32. The van der Waals surface area contributed by atoms with Crippen LogP contribution in [0.3, 0.4) is 0 Å². The van der Waals surface area contributed by atoms with Crippen LogP contribution in [0.5, 0.6) is 5.75 Å². The first-order valence-corrected chi connectivity index (χ1v) is 7.32. The first-order chi connectivity index (χ1) is 9.35. The number of unbranched alkanes of at least 4 members (excludes halogenated alkanes) is 1. The minimum Gasteiger partial charge on any atom is -0.492 e. The lowest BCUT2D eigenvalue weighted by atomic mass is 9.89. The van der Waals surface area contributed by atoms with E-state index in [2.05, 4.69) is 6.07 Å². The first kappa shape index (κ1) is 16.8. The Balaban J connectivity index is 2.38. The molecule has 1 rings (SSSR count). The van der Waals surface area contributed by atoms with Crippen molar-refractivity contribution in [2.24, 2.45) is 11.1 Å². The van der Waals surface area contributed by atoms with E-state index in [0.29, 0.717) is 17.4 Å². The van der Waals surface area contributed by atoms with Crippen molar-refractivity contribution >= 4 is 11.6 Å². The smallest absolute Gasteiger partial charge is 0.137 e. The predicted octanol–water partition coefficient (Wildman–Crippen LogP) is 4.46. The second kappa shape index (κ2) is 7.52. The summed E-state index contributed by atoms with van der Waals surface area (Å²) in [6, 6.07) is 7.91. The van der Waals surface area contributed by atoms with E-state index in [1.807, 2.05) is 39.0 Å². The monoisotopic (exact) mass is 294 g/mol. The standard InChI is InChI=1S/C16H23ClN2O/c1-12(19)13-6-7-15(14(17)10-13)20-9-5-4-8-16(2,3)11-18/h6-7,10,12H,4-5,8-9,19H2,1-3H3/t12-/m1/s1. The molecule has 0 aromatic heterocycles. The van der Waals surface area contributed by atoms with Crippen molar-refractivity contribution < 1.29 is 4.74 Å². The topological polar surface area (TPSA) is 59.0 Å². The number of ether oxygens (including phenoxy) is 1. The summed E-state index contributed by atoms with van der Waals surface area (Å²) in [5, 5.41) is 9.52. The molecule has 1 aromatic carbocycles. The number of halogens is 1. The molecule has 0 bridgehead atoms. The minimum atomic E-state index is -0.253. The largest absolute Gasteiger partial charge is 0.492 e. The third kappa shape index (κ3) is 5.40. The summed E-state index contributed by atoms with van der Waals surface area (Å²) in [5.41, 5.74) is 6.55. The van der Waals surface area contributed by atoms with Crippen molar-refractivity contribution in [2.75, 3.05) is 6.61 Å². The summed E-state index contributed by atoms with van der Waals surface area (Å²) in [4.78, 5) is 0. The van der Waals surface area contributed by atoms with Gasteiger partial charge in [-0.3, -0.25) is 0 Å². The van der Waals surface area contributed by atoms with Crippen LogP contribution in [0.25, 0.3) is 0 Å². The zero-order chi connectivity index (χ0) is 15.2. The second-order valence-corrected chi connectivity index (χ2v) is 6.19. The third-order valence-corrected chi connectivity index (χ3v) is 3.53. The number of nitriles is 1. The van der Waals surface area contributed by atoms with Gasteiger partial charge in [0.05, 0.1) is 23.1 Å². The van der Waals surface area contributed by atoms with E-state index in [-0.39, 0.29) is 11.5 Å². The molecule has 0 aliphatic heterocycles. The molecule has 0 heterocycles. The molecular formula is C16H23ClN2O. The molecule has 2 N–H and O–H groups in total. The Morgan fingerprint density at radius 1 is 1.40 bits per heavy atom. The summed E-state index contributed by atoms with van der Waals surface area (Å²) < 4.78 is 5.66. The number of rotatable bonds is 7. The molecule has 3 nitrogen and oxygen atoms in total. The zero-order valence-corrected chi connectivity index (χ0v) is 13.2. The molecule has 0 aliphatic rings. The van der Waals surface area contributed by atoms with Crippen molar-refractivity contribution in [3.63, 3.8) is 0 Å². The summed E-state index contributed by atoms with van der Waals surface area (Å²) >= 11 is 6.16. The third-order valence-electron chi connectivity index (χ3n) is 3.24. The first-order valence-electron chi connectivity index (χ1n) is 6.95. The highest BCUT2D eigenvalue weighted by molar-refractivity contribution is 6.32. The van der Waals surface area contributed by atoms with Crippen molar-refractivity contribution in [3.8, 4) is 11.8 Å². The lowest BCUT2D eigenvalue weighted by molar-refractivity contribution is 0.295. The van der Waals surface area contributed by atoms with Gasteiger partial charge < -0.3 is 10.5 Å². The van der Waals surface area contributed by atoms with Gasteiger partial charge in [0, 0.05) is 6.04 Å². The number of nitrogens with zero attached hydrogens (tertiary/aromatic N) is 1. The van der Waals surface area contributed by atoms with E-state index in [9.17, 15) is 0 Å². The van der Waals surface area contributed by atoms with Gasteiger partial charge in [-0.1, -0.05) is 17.7 Å². The maximum Gasteiger partial charge on any atom is 0.137 e. The fourth-order valence-corrected chi connectivity index (χ4v) is 2.07. The molecule has 0 spiro atoms. The van der Waals surface area contributed by atoms with E-state index in [4.69, 9.17) is 27.3 Å². The van der Waals surface area contributed by atoms with Crippen LogP contribution in [0.2, 0.25) is 5.02 Å². The molecule has 1 atom stereocenters. The van der Waals surface area contributed by atoms with E-state index in [0.717, 1.165) is 24.8 Å². The van der Waals surface area contributed by atoms with E-state index in [1.54, 1.807) is 0 Å². The number of hydrogen-bond donors (Lipinski definition) is 1. The summed E-state index contributed by atoms with van der Waals surface area (Å²) in [6.07, 6.45) is 2.76. The highest BCUT2D eigenvalue weighted by atomic mass is 35.5. The average Bonchev–Trinajstić information content (AvgIpc) is 2.39. The molecule has 0 unspecified atom stereocenters. The summed E-state index contributed by atoms with van der Waals surface area (Å²) in [6.45, 7) is 6.44. The molecule has 110 valence electrons. The van der Waals surface area contributed by atoms with Gasteiger partial charge in [0.1, 0.15) is 5.75 Å². The van der Waals surface area contributed by atoms with Crippen LogP contribution in [0.15, 0.2) is 18.2 Å². The SMILES string of the molecule is C[C@@H](N)c1ccc(OCCCCC(C)(C)C#N)c(Cl)c1. The van der Waals surface area contributed by atoms with Crippen molar-refractivity contribution in [2.45, 2.75) is 46.1 Å². The van der Waals surface area contributed by atoms with Crippen LogP contribution in [0.1, 0.15) is 51.6 Å². The molecular weight excluding hydrogens is 272 g/mol. The van der Waals surface area contributed by atoms with Crippen molar-refractivity contribution in [1.29, 1.82) is 5.26 Å². The Bertz CT molecular complexity index is 478. The Labute approximate surface area is 126 Å². The molecule has 0 saturated heterocycles. The summed E-state index contributed by atoms with van der Waals surface area (Å²) in [7, 11) is 0. The average molecular weight is 295 g/mol. The molecule has 1 aromatic rings. The number of nitrogens with two attached hydrogens (primary N) is 1. The zero-order valence-electron chi connectivity index (χ0n) is 12.4. The van der Waals surface area contributed by atoms with Crippen molar-refractivity contribution in [1.82, 2.24) is 0 Å². The van der Waals surface area contributed by atoms with Crippen LogP contribution in [0.4, 0.5) is 0 Å².